The number of anilines is 1. The van der Waals surface area contributed by atoms with Gasteiger partial charge in [-0.25, -0.2) is 9.78 Å². The van der Waals surface area contributed by atoms with Crippen LogP contribution in [0.3, 0.4) is 0 Å². The molecule has 0 radical (unpaired) electrons. The lowest BCUT2D eigenvalue weighted by Gasteiger charge is -2.07. The molecule has 0 unspecified atom stereocenters. The summed E-state index contributed by atoms with van der Waals surface area (Å²) in [5.74, 6) is -1.36. The maximum absolute atomic E-state index is 12.2. The Morgan fingerprint density at radius 1 is 1.26 bits per heavy atom. The Labute approximate surface area is 135 Å². The van der Waals surface area contributed by atoms with E-state index < -0.39 is 16.8 Å². The van der Waals surface area contributed by atoms with Crippen LogP contribution in [-0.4, -0.2) is 28.9 Å². The lowest BCUT2D eigenvalue weighted by molar-refractivity contribution is -0.384. The molecule has 8 nitrogen and oxygen atoms in total. The van der Waals surface area contributed by atoms with Crippen LogP contribution in [0.5, 0.6) is 0 Å². The summed E-state index contributed by atoms with van der Waals surface area (Å²) in [6.07, 6.45) is 0. The summed E-state index contributed by atoms with van der Waals surface area (Å²) in [5.41, 5.74) is -0.252. The average molecular weight is 336 g/mol. The Balaban J connectivity index is 2.27. The minimum Gasteiger partial charge on any atom is -0.464 e. The molecule has 0 spiro atoms. The quantitative estimate of drug-likeness (QED) is 0.522. The number of carbonyl (C=O) groups excluding carboxylic acids is 2. The van der Waals surface area contributed by atoms with E-state index in [4.69, 9.17) is 11.6 Å². The van der Waals surface area contributed by atoms with Crippen LogP contribution in [0, 0.1) is 10.1 Å². The molecule has 23 heavy (non-hydrogen) atoms. The van der Waals surface area contributed by atoms with Gasteiger partial charge in [0.05, 0.1) is 22.7 Å². The summed E-state index contributed by atoms with van der Waals surface area (Å²) in [4.78, 5) is 37.6. The van der Waals surface area contributed by atoms with E-state index in [1.54, 1.807) is 0 Å². The van der Waals surface area contributed by atoms with Crippen molar-refractivity contribution in [3.05, 3.63) is 62.9 Å². The van der Waals surface area contributed by atoms with Gasteiger partial charge in [-0.1, -0.05) is 17.7 Å². The van der Waals surface area contributed by atoms with Crippen molar-refractivity contribution in [3.63, 3.8) is 0 Å². The van der Waals surface area contributed by atoms with E-state index in [9.17, 15) is 19.7 Å². The number of hydrogen-bond acceptors (Lipinski definition) is 6. The fraction of sp³-hybridized carbons (Fsp3) is 0.0714. The van der Waals surface area contributed by atoms with E-state index >= 15 is 0 Å². The minimum absolute atomic E-state index is 0.0368. The van der Waals surface area contributed by atoms with Crippen molar-refractivity contribution in [2.45, 2.75) is 0 Å². The molecule has 2 rings (SSSR count). The van der Waals surface area contributed by atoms with Crippen LogP contribution in [0.4, 0.5) is 11.4 Å². The number of hydrogen-bond donors (Lipinski definition) is 1. The van der Waals surface area contributed by atoms with Crippen LogP contribution < -0.4 is 5.32 Å². The highest BCUT2D eigenvalue weighted by Crippen LogP contribution is 2.27. The van der Waals surface area contributed by atoms with E-state index in [2.05, 4.69) is 15.0 Å². The molecule has 0 atom stereocenters. The molecule has 0 fully saturated rings. The van der Waals surface area contributed by atoms with Gasteiger partial charge in [0.1, 0.15) is 11.4 Å². The summed E-state index contributed by atoms with van der Waals surface area (Å²) in [6, 6.07) is 7.88. The Morgan fingerprint density at radius 2 is 1.96 bits per heavy atom. The summed E-state index contributed by atoms with van der Waals surface area (Å²) in [6.45, 7) is 0. The first kappa shape index (κ1) is 16.4. The predicted molar refractivity (Wildman–Crippen MR) is 81.6 cm³/mol. The Kier molecular flexibility index (Phi) is 4.87. The number of carbonyl (C=O) groups is 2. The van der Waals surface area contributed by atoms with E-state index in [1.165, 1.54) is 37.4 Å². The number of benzene rings is 1. The number of halogens is 1. The van der Waals surface area contributed by atoms with Gasteiger partial charge in [0.25, 0.3) is 11.6 Å². The van der Waals surface area contributed by atoms with E-state index in [0.29, 0.717) is 0 Å². The van der Waals surface area contributed by atoms with Crippen LogP contribution in [-0.2, 0) is 4.74 Å². The molecule has 1 amide bonds. The highest BCUT2D eigenvalue weighted by Gasteiger charge is 2.16. The maximum Gasteiger partial charge on any atom is 0.356 e. The van der Waals surface area contributed by atoms with Crippen LogP contribution >= 0.6 is 11.6 Å². The van der Waals surface area contributed by atoms with Crippen LogP contribution in [0.1, 0.15) is 21.0 Å². The smallest absolute Gasteiger partial charge is 0.356 e. The largest absolute Gasteiger partial charge is 0.464 e. The lowest BCUT2D eigenvalue weighted by Crippen LogP contribution is -2.16. The summed E-state index contributed by atoms with van der Waals surface area (Å²) >= 11 is 5.90. The molecule has 0 aliphatic rings. The monoisotopic (exact) mass is 335 g/mol. The van der Waals surface area contributed by atoms with Crippen molar-refractivity contribution in [1.29, 1.82) is 0 Å². The Hall–Kier alpha value is -3.00. The molecular formula is C14H10ClN3O5. The number of amides is 1. The number of methoxy groups -OCH3 is 1. The normalized spacial score (nSPS) is 10.0. The molecule has 0 aliphatic carbocycles. The molecule has 1 heterocycles. The molecule has 118 valence electrons. The topological polar surface area (TPSA) is 111 Å². The molecule has 0 saturated heterocycles. The molecule has 1 aromatic carbocycles. The Bertz CT molecular complexity index is 794. The maximum atomic E-state index is 12.2. The van der Waals surface area contributed by atoms with Crippen LogP contribution in [0.2, 0.25) is 5.02 Å². The third-order valence-corrected chi connectivity index (χ3v) is 3.11. The number of nitrogens with one attached hydrogen (secondary N) is 1. The van der Waals surface area contributed by atoms with Gasteiger partial charge in [0.2, 0.25) is 0 Å². The molecule has 1 N–H and O–H groups in total. The van der Waals surface area contributed by atoms with Gasteiger partial charge in [-0.05, 0) is 18.2 Å². The molecule has 0 aliphatic heterocycles. The number of pyridine rings is 1. The first-order valence-corrected chi connectivity index (χ1v) is 6.61. The zero-order chi connectivity index (χ0) is 17.0. The SMILES string of the molecule is COC(=O)c1cccc(C(=O)Nc2cc([N+](=O)[O-])ccc2Cl)n1. The third kappa shape index (κ3) is 3.80. The van der Waals surface area contributed by atoms with Gasteiger partial charge >= 0.3 is 5.97 Å². The Morgan fingerprint density at radius 3 is 2.61 bits per heavy atom. The van der Waals surface area contributed by atoms with Gasteiger partial charge in [-0.3, -0.25) is 14.9 Å². The number of ether oxygens (including phenoxy) is 1. The number of esters is 1. The highest BCUT2D eigenvalue weighted by molar-refractivity contribution is 6.34. The van der Waals surface area contributed by atoms with E-state index in [-0.39, 0.29) is 27.8 Å². The molecule has 0 bridgehead atoms. The second-order valence-electron chi connectivity index (χ2n) is 4.28. The zero-order valence-corrected chi connectivity index (χ0v) is 12.5. The van der Waals surface area contributed by atoms with Crippen LogP contribution in [0.25, 0.3) is 0 Å². The van der Waals surface area contributed by atoms with Crippen molar-refractivity contribution >= 4 is 34.9 Å². The average Bonchev–Trinajstić information content (AvgIpc) is 2.55. The standard InChI is InChI=1S/C14H10ClN3O5/c1-23-14(20)11-4-2-3-10(16-11)13(19)17-12-7-8(18(21)22)5-6-9(12)15/h2-7H,1H3,(H,17,19). The molecular weight excluding hydrogens is 326 g/mol. The molecule has 0 saturated carbocycles. The second kappa shape index (κ2) is 6.84. The van der Waals surface area contributed by atoms with Crippen molar-refractivity contribution in [2.75, 3.05) is 12.4 Å². The predicted octanol–water partition coefficient (Wildman–Crippen LogP) is 2.68. The first-order chi connectivity index (χ1) is 10.9. The van der Waals surface area contributed by atoms with E-state index in [0.717, 1.165) is 6.07 Å². The second-order valence-corrected chi connectivity index (χ2v) is 4.68. The van der Waals surface area contributed by atoms with E-state index in [1.807, 2.05) is 0 Å². The van der Waals surface area contributed by atoms with Crippen molar-refractivity contribution < 1.29 is 19.2 Å². The molecule has 9 heteroatoms. The van der Waals surface area contributed by atoms with Gasteiger partial charge in [0.15, 0.2) is 0 Å². The first-order valence-electron chi connectivity index (χ1n) is 6.23. The third-order valence-electron chi connectivity index (χ3n) is 2.79. The zero-order valence-electron chi connectivity index (χ0n) is 11.8. The summed E-state index contributed by atoms with van der Waals surface area (Å²) in [5, 5.41) is 13.3. The number of nitro benzene ring substituents is 1. The fourth-order valence-corrected chi connectivity index (χ4v) is 1.85. The van der Waals surface area contributed by atoms with Gasteiger partial charge in [-0.2, -0.15) is 0 Å². The molecule has 1 aromatic heterocycles. The van der Waals surface area contributed by atoms with Crippen molar-refractivity contribution in [3.8, 4) is 0 Å². The van der Waals surface area contributed by atoms with Crippen molar-refractivity contribution in [2.24, 2.45) is 0 Å². The van der Waals surface area contributed by atoms with Gasteiger partial charge in [-0.15, -0.1) is 0 Å². The summed E-state index contributed by atoms with van der Waals surface area (Å²) < 4.78 is 4.52. The van der Waals surface area contributed by atoms with Crippen molar-refractivity contribution in [1.82, 2.24) is 4.98 Å². The number of nitrogens with zero attached hydrogens (tertiary/aromatic N) is 2. The summed E-state index contributed by atoms with van der Waals surface area (Å²) in [7, 11) is 1.19. The number of aromatic nitrogens is 1. The van der Waals surface area contributed by atoms with Gasteiger partial charge < -0.3 is 10.1 Å². The fourth-order valence-electron chi connectivity index (χ4n) is 1.69. The lowest BCUT2D eigenvalue weighted by atomic mass is 10.2. The van der Waals surface area contributed by atoms with Crippen LogP contribution in [0.15, 0.2) is 36.4 Å². The number of non-ortho nitro benzene ring substituents is 1. The number of rotatable bonds is 4. The van der Waals surface area contributed by atoms with Gasteiger partial charge in [0, 0.05) is 12.1 Å². The number of nitro groups is 1. The molecule has 2 aromatic rings. The minimum atomic E-state index is -0.687. The highest BCUT2D eigenvalue weighted by atomic mass is 35.5.